The molecule has 0 aliphatic carbocycles. The number of hydrogen-bond donors (Lipinski definition) is 1. The summed E-state index contributed by atoms with van der Waals surface area (Å²) >= 11 is 6.69. The Bertz CT molecular complexity index is 990. The van der Waals surface area contributed by atoms with Gasteiger partial charge in [0.1, 0.15) is 0 Å². The molecule has 4 rings (SSSR count). The Morgan fingerprint density at radius 1 is 1.07 bits per heavy atom. The van der Waals surface area contributed by atoms with Gasteiger partial charge in [0.25, 0.3) is 0 Å². The summed E-state index contributed by atoms with van der Waals surface area (Å²) in [6, 6.07) is 13.7. The van der Waals surface area contributed by atoms with E-state index in [-0.39, 0.29) is 17.8 Å². The smallest absolute Gasteiger partial charge is 0.320 e. The molecule has 0 radical (unpaired) electrons. The molecule has 2 aromatic rings. The van der Waals surface area contributed by atoms with Crippen molar-refractivity contribution in [2.24, 2.45) is 0 Å². The predicted octanol–water partition coefficient (Wildman–Crippen LogP) is 3.78. The van der Waals surface area contributed by atoms with Crippen LogP contribution in [0.3, 0.4) is 0 Å². The van der Waals surface area contributed by atoms with Gasteiger partial charge in [0.2, 0.25) is 11.8 Å². The molecule has 156 valence electrons. The Kier molecular flexibility index (Phi) is 5.77. The maximum absolute atomic E-state index is 12.3. The van der Waals surface area contributed by atoms with Crippen molar-refractivity contribution in [3.63, 3.8) is 0 Å². The molecule has 2 aromatic carbocycles. The van der Waals surface area contributed by atoms with E-state index in [2.05, 4.69) is 5.32 Å². The number of halogens is 1. The average molecular weight is 426 g/mol. The van der Waals surface area contributed by atoms with Crippen LogP contribution in [0.1, 0.15) is 36.3 Å². The second-order valence-electron chi connectivity index (χ2n) is 7.89. The van der Waals surface area contributed by atoms with Gasteiger partial charge in [0, 0.05) is 38.7 Å². The molecule has 2 heterocycles. The minimum atomic E-state index is -0.420. The molecule has 0 aromatic heterocycles. The predicted molar refractivity (Wildman–Crippen MR) is 115 cm³/mol. The fourth-order valence-corrected chi connectivity index (χ4v) is 4.49. The maximum atomic E-state index is 12.3. The summed E-state index contributed by atoms with van der Waals surface area (Å²) in [4.78, 5) is 39.6. The summed E-state index contributed by atoms with van der Waals surface area (Å²) in [5.41, 5.74) is 3.59. The van der Waals surface area contributed by atoms with Crippen molar-refractivity contribution >= 4 is 29.4 Å². The zero-order chi connectivity index (χ0) is 21.3. The summed E-state index contributed by atoms with van der Waals surface area (Å²) in [5.74, 6) is -0.953. The molecule has 2 aliphatic heterocycles. The number of carbonyl (C=O) groups is 3. The van der Waals surface area contributed by atoms with Gasteiger partial charge in [0.15, 0.2) is 0 Å². The van der Waals surface area contributed by atoms with Crippen molar-refractivity contribution in [3.8, 4) is 11.1 Å². The lowest BCUT2D eigenvalue weighted by molar-refractivity contribution is -0.134. The van der Waals surface area contributed by atoms with Crippen LogP contribution in [0.5, 0.6) is 0 Å². The van der Waals surface area contributed by atoms with Crippen molar-refractivity contribution < 1.29 is 14.4 Å². The Labute approximate surface area is 180 Å². The molecule has 0 spiro atoms. The van der Waals surface area contributed by atoms with Crippen LogP contribution in [0.2, 0.25) is 5.02 Å². The normalized spacial score (nSPS) is 19.8. The number of urea groups is 1. The Morgan fingerprint density at radius 2 is 1.83 bits per heavy atom. The van der Waals surface area contributed by atoms with E-state index in [1.54, 1.807) is 4.90 Å². The fourth-order valence-electron chi connectivity index (χ4n) is 4.12. The zero-order valence-electron chi connectivity index (χ0n) is 16.9. The number of nitrogens with one attached hydrogen (secondary N) is 1. The van der Waals surface area contributed by atoms with Crippen LogP contribution in [0.4, 0.5) is 4.79 Å². The van der Waals surface area contributed by atoms with Gasteiger partial charge in [-0.1, -0.05) is 54.1 Å². The number of carbonyl (C=O) groups excluding carboxylic acids is 3. The first-order valence-electron chi connectivity index (χ1n) is 10.2. The number of rotatable bonds is 4. The van der Waals surface area contributed by atoms with Crippen molar-refractivity contribution in [2.45, 2.75) is 31.7 Å². The molecule has 1 atom stereocenters. The number of hydrogen-bond acceptors (Lipinski definition) is 3. The van der Waals surface area contributed by atoms with Crippen molar-refractivity contribution in [2.75, 3.05) is 20.1 Å². The number of benzene rings is 2. The summed E-state index contributed by atoms with van der Waals surface area (Å²) in [5, 5.41) is 2.93. The lowest BCUT2D eigenvalue weighted by atomic mass is 9.88. The van der Waals surface area contributed by atoms with Gasteiger partial charge in [-0.15, -0.1) is 0 Å². The average Bonchev–Trinajstić information content (AvgIpc) is 2.73. The molecule has 2 aliphatic rings. The summed E-state index contributed by atoms with van der Waals surface area (Å²) < 4.78 is 0. The van der Waals surface area contributed by atoms with E-state index in [1.165, 1.54) is 0 Å². The van der Waals surface area contributed by atoms with Crippen LogP contribution in [-0.2, 0) is 16.1 Å². The second kappa shape index (κ2) is 8.48. The molecule has 1 N–H and O–H groups in total. The Balaban J connectivity index is 1.54. The van der Waals surface area contributed by atoms with Crippen LogP contribution in [0, 0.1) is 0 Å². The van der Waals surface area contributed by atoms with E-state index in [9.17, 15) is 14.4 Å². The van der Waals surface area contributed by atoms with Crippen LogP contribution in [-0.4, -0.2) is 47.8 Å². The highest BCUT2D eigenvalue weighted by Gasteiger charge is 2.30. The summed E-state index contributed by atoms with van der Waals surface area (Å²) in [7, 11) is 1.83. The van der Waals surface area contributed by atoms with Gasteiger partial charge in [-0.25, -0.2) is 4.79 Å². The molecule has 0 bridgehead atoms. The van der Waals surface area contributed by atoms with Crippen LogP contribution >= 0.6 is 11.6 Å². The van der Waals surface area contributed by atoms with E-state index in [1.807, 2.05) is 54.4 Å². The number of imide groups is 1. The molecule has 4 amide bonds. The number of nitrogens with zero attached hydrogens (tertiary/aromatic N) is 2. The van der Waals surface area contributed by atoms with Crippen LogP contribution in [0.25, 0.3) is 11.1 Å². The summed E-state index contributed by atoms with van der Waals surface area (Å²) in [6.07, 6.45) is 1.75. The first-order valence-corrected chi connectivity index (χ1v) is 10.5. The molecule has 2 saturated heterocycles. The lowest BCUT2D eigenvalue weighted by Gasteiger charge is -2.33. The second-order valence-corrected chi connectivity index (χ2v) is 8.27. The molecule has 7 heteroatoms. The Hall–Kier alpha value is -2.86. The minimum Gasteiger partial charge on any atom is -0.328 e. The largest absolute Gasteiger partial charge is 0.328 e. The van der Waals surface area contributed by atoms with E-state index in [0.717, 1.165) is 41.8 Å². The van der Waals surface area contributed by atoms with E-state index in [4.69, 9.17) is 11.6 Å². The van der Waals surface area contributed by atoms with E-state index in [0.29, 0.717) is 24.4 Å². The lowest BCUT2D eigenvalue weighted by Crippen LogP contribution is -2.46. The highest BCUT2D eigenvalue weighted by atomic mass is 35.5. The zero-order valence-corrected chi connectivity index (χ0v) is 17.6. The van der Waals surface area contributed by atoms with Crippen LogP contribution < -0.4 is 5.32 Å². The number of piperidine rings is 1. The van der Waals surface area contributed by atoms with Gasteiger partial charge in [-0.2, -0.15) is 0 Å². The molecule has 30 heavy (non-hydrogen) atoms. The molecule has 6 nitrogen and oxygen atoms in total. The first-order chi connectivity index (χ1) is 14.4. The third kappa shape index (κ3) is 4.05. The third-order valence-corrected chi connectivity index (χ3v) is 6.22. The first kappa shape index (κ1) is 20.4. The quantitative estimate of drug-likeness (QED) is 0.758. The fraction of sp³-hybridized carbons (Fsp3) is 0.348. The molecular formula is C23H24ClN3O3. The third-order valence-electron chi connectivity index (χ3n) is 5.80. The van der Waals surface area contributed by atoms with Crippen molar-refractivity contribution in [1.29, 1.82) is 0 Å². The SMILES string of the molecule is CN1CCCN(Cc2ccc(-c3cccc(C4CCC(=O)NC4=O)c3Cl)cc2)C1=O. The van der Waals surface area contributed by atoms with Crippen molar-refractivity contribution in [3.05, 3.63) is 58.6 Å². The van der Waals surface area contributed by atoms with Gasteiger partial charge in [-0.05, 0) is 29.5 Å². The van der Waals surface area contributed by atoms with E-state index >= 15 is 0 Å². The molecule has 1 unspecified atom stereocenters. The van der Waals surface area contributed by atoms with Gasteiger partial charge in [0.05, 0.1) is 10.9 Å². The Morgan fingerprint density at radius 3 is 2.57 bits per heavy atom. The topological polar surface area (TPSA) is 69.7 Å². The van der Waals surface area contributed by atoms with Gasteiger partial charge < -0.3 is 9.80 Å². The van der Waals surface area contributed by atoms with Crippen LogP contribution in [0.15, 0.2) is 42.5 Å². The minimum absolute atomic E-state index is 0.0605. The summed E-state index contributed by atoms with van der Waals surface area (Å²) in [6.45, 7) is 2.15. The molecule has 2 fully saturated rings. The molecular weight excluding hydrogens is 402 g/mol. The maximum Gasteiger partial charge on any atom is 0.320 e. The standard InChI is InChI=1S/C23H24ClN3O3/c1-26-12-3-13-27(23(26)30)14-15-6-8-16(9-7-15)17-4-2-5-18(21(17)24)19-10-11-20(28)25-22(19)29/h2,4-9,19H,3,10-14H2,1H3,(H,25,28,29). The van der Waals surface area contributed by atoms with Gasteiger partial charge in [-0.3, -0.25) is 14.9 Å². The monoisotopic (exact) mass is 425 g/mol. The van der Waals surface area contributed by atoms with Gasteiger partial charge >= 0.3 is 6.03 Å². The van der Waals surface area contributed by atoms with E-state index < -0.39 is 5.92 Å². The highest BCUT2D eigenvalue weighted by Crippen LogP contribution is 2.37. The highest BCUT2D eigenvalue weighted by molar-refractivity contribution is 6.34. The number of amides is 4. The van der Waals surface area contributed by atoms with Crippen molar-refractivity contribution in [1.82, 2.24) is 15.1 Å². The molecule has 0 saturated carbocycles.